The van der Waals surface area contributed by atoms with Gasteiger partial charge in [-0.15, -0.1) is 0 Å². The Hall–Kier alpha value is 2.20. The van der Waals surface area contributed by atoms with Crippen molar-refractivity contribution in [2.45, 2.75) is 96.1 Å². The summed E-state index contributed by atoms with van der Waals surface area (Å²) in [4.78, 5) is 12.4. The van der Waals surface area contributed by atoms with Crippen LogP contribution in [-0.2, 0) is 18.5 Å². The minimum atomic E-state index is -1.75. The fraction of sp³-hybridized carbons (Fsp3) is 0.875. The summed E-state index contributed by atoms with van der Waals surface area (Å²) in [6.07, 6.45) is -4.64. The van der Waals surface area contributed by atoms with Crippen molar-refractivity contribution >= 4 is 18.0 Å². The summed E-state index contributed by atoms with van der Waals surface area (Å²) in [5, 5.41) is 47.8. The second-order valence-corrected chi connectivity index (χ2v) is 11.7. The normalized spacial score (nSPS) is 48.4. The quantitative estimate of drug-likeness (QED) is 0.190. The predicted molar refractivity (Wildman–Crippen MR) is 122 cm³/mol. The van der Waals surface area contributed by atoms with Crippen LogP contribution in [0, 0.1) is 111 Å². The third-order valence-corrected chi connectivity index (χ3v) is 9.92. The molecule has 0 aromatic heterocycles. The third kappa shape index (κ3) is 4.67. The van der Waals surface area contributed by atoms with Gasteiger partial charge >= 0.3 is 5.97 Å². The van der Waals surface area contributed by atoms with E-state index in [0.29, 0.717) is 17.6 Å². The molecule has 11 heteroatoms. The van der Waals surface area contributed by atoms with E-state index in [4.69, 9.17) is 15.0 Å². The summed E-state index contributed by atoms with van der Waals surface area (Å²) in [7, 11) is 0. The topological polar surface area (TPSA) is 126 Å². The van der Waals surface area contributed by atoms with E-state index in [1.807, 2.05) is 6.92 Å². The number of carbonyl (C=O) groups excluding carboxylic acids is 1. The molecule has 4 N–H and O–H groups in total. The predicted octanol–water partition coefficient (Wildman–Crippen LogP) is 1.59. The largest absolute Gasteiger partial charge is 0.459 e. The molecule has 35 heavy (non-hydrogen) atoms. The van der Waals surface area contributed by atoms with Crippen molar-refractivity contribution in [2.24, 2.45) is 22.7 Å². The van der Waals surface area contributed by atoms with Gasteiger partial charge in [-0.1, -0.05) is 27.7 Å². The molecule has 2 saturated carbocycles. The Bertz CT molecular complexity index is 892. The average molecular weight is 943 g/mol. The number of ether oxygens (including phenoxy) is 2. The number of rotatable bonds is 3. The molecule has 1 unspecified atom stereocenters. The summed E-state index contributed by atoms with van der Waals surface area (Å²) in [6.45, 7) is 10.3. The minimum Gasteiger partial charge on any atom is -0.459 e. The van der Waals surface area contributed by atoms with Crippen LogP contribution in [0.15, 0.2) is 11.1 Å². The zero-order valence-electron chi connectivity index (χ0n) is 22.4. The van der Waals surface area contributed by atoms with Gasteiger partial charge in [0, 0.05) is 126 Å². The number of hydrogen-bond acceptors (Lipinski definition) is 9. The van der Waals surface area contributed by atoms with Crippen LogP contribution < -0.4 is 0 Å². The van der Waals surface area contributed by atoms with E-state index in [1.54, 1.807) is 27.7 Å². The molecule has 3 fully saturated rings. The number of aliphatic hydroxyl groups excluding tert-OH is 2. The molecule has 4 aliphatic rings. The van der Waals surface area contributed by atoms with Gasteiger partial charge in [0.25, 0.3) is 0 Å². The van der Waals surface area contributed by atoms with Gasteiger partial charge in [-0.05, 0) is 42.5 Å². The third-order valence-electron chi connectivity index (χ3n) is 9.55. The molecule has 2 bridgehead atoms. The van der Waals surface area contributed by atoms with Gasteiger partial charge in [0.1, 0.15) is 23.4 Å². The maximum atomic E-state index is 12.5. The Kier molecular flexibility index (Phi) is 10.2. The van der Waals surface area contributed by atoms with Gasteiger partial charge < -0.3 is 34.1 Å². The van der Waals surface area contributed by atoms with E-state index >= 15 is 0 Å². The molecule has 1 heterocycles. The van der Waals surface area contributed by atoms with E-state index in [0.717, 1.165) is 12.0 Å². The van der Waals surface area contributed by atoms with Gasteiger partial charge in [-0.2, -0.15) is 0 Å². The summed E-state index contributed by atoms with van der Waals surface area (Å²) >= 11 is 0.919. The van der Waals surface area contributed by atoms with E-state index in [2.05, 4.69) is 0 Å². The van der Waals surface area contributed by atoms with Gasteiger partial charge in [0.15, 0.2) is 0 Å². The fourth-order valence-corrected chi connectivity index (χ4v) is 7.77. The summed E-state index contributed by atoms with van der Waals surface area (Å²) in [5.74, 6) is -1.75. The summed E-state index contributed by atoms with van der Waals surface area (Å²) < 4.78 is 24.9. The molecule has 0 aromatic carbocycles. The number of hydrogen-bond donors (Lipinski definition) is 4. The van der Waals surface area contributed by atoms with Gasteiger partial charge in [0.05, 0.1) is 24.9 Å². The Morgan fingerprint density at radius 2 is 1.86 bits per heavy atom. The summed E-state index contributed by atoms with van der Waals surface area (Å²) in [5.41, 5.74) is -4.32. The molecule has 0 aromatic rings. The second kappa shape index (κ2) is 11.2. The van der Waals surface area contributed by atoms with Gasteiger partial charge in [-0.3, -0.25) is 4.79 Å². The van der Waals surface area contributed by atoms with E-state index in [1.165, 1.54) is 6.92 Å². The fourth-order valence-electron chi connectivity index (χ4n) is 7.39. The number of fused-ring (bicyclic) bond motifs is 5. The van der Waals surface area contributed by atoms with Crippen molar-refractivity contribution in [3.05, 3.63) is 11.1 Å². The van der Waals surface area contributed by atoms with Crippen molar-refractivity contribution in [3.8, 4) is 0 Å². The van der Waals surface area contributed by atoms with Crippen LogP contribution in [0.5, 0.6) is 0 Å². The van der Waals surface area contributed by atoms with Gasteiger partial charge in [0.2, 0.25) is 0 Å². The van der Waals surface area contributed by atoms with Crippen LogP contribution in [0.1, 0.15) is 55.8 Å². The van der Waals surface area contributed by atoms with Crippen LogP contribution in [0.2, 0.25) is 0 Å². The molecular formula is C24H38Ac2O8S. The Morgan fingerprint density at radius 3 is 2.37 bits per heavy atom. The smallest absolute Gasteiger partial charge is 0.303 e. The van der Waals surface area contributed by atoms with Crippen LogP contribution >= 0.6 is 12.0 Å². The molecule has 0 amide bonds. The molecule has 4 rings (SSSR count). The number of esters is 1. The molecule has 10 atom stereocenters. The number of aliphatic hydroxyl groups is 4. The standard InChI is InChI=1S/C24H38O8S.2Ac/c1-11-8-15-23(28,10-30-15)18-20(31-13(3)25)24(29)9-14(32-33-7)12(2)16(21(24,4)5)17(26)19(27)22(11,18)6;;/h11,14-15,17-20,26-29H,8-10H2,1-7H3;;/t11-,14-,15+,17+,18?,19+,20-,22+,23-,24+;;/m0../s1/i7T;;. The first-order chi connectivity index (χ1) is 15.7. The van der Waals surface area contributed by atoms with Crippen molar-refractivity contribution in [2.75, 3.05) is 12.8 Å². The Balaban J connectivity index is 0.00000228. The van der Waals surface area contributed by atoms with Crippen molar-refractivity contribution in [1.29, 1.82) is 0 Å². The van der Waals surface area contributed by atoms with E-state index in [-0.39, 0.29) is 113 Å². The Morgan fingerprint density at radius 1 is 1.23 bits per heavy atom. The zero-order valence-corrected chi connectivity index (χ0v) is 31.7. The molecule has 3 aliphatic carbocycles. The molecule has 8 nitrogen and oxygen atoms in total. The second-order valence-electron chi connectivity index (χ2n) is 11.2. The first kappa shape index (κ1) is 31.7. The zero-order chi connectivity index (χ0) is 25.4. The Labute approximate surface area is 285 Å². The molecule has 2 radical (unpaired) electrons. The minimum absolute atomic E-state index is 0. The van der Waals surface area contributed by atoms with Crippen molar-refractivity contribution in [3.63, 3.8) is 0 Å². The molecule has 1 aliphatic heterocycles. The maximum absolute atomic E-state index is 12.5. The number of carbonyl (C=O) groups is 1. The maximum Gasteiger partial charge on any atom is 0.303 e. The summed E-state index contributed by atoms with van der Waals surface area (Å²) in [6, 6.07) is 0. The molecule has 0 spiro atoms. The van der Waals surface area contributed by atoms with Crippen LogP contribution in [0.3, 0.4) is 0 Å². The first-order valence-corrected chi connectivity index (χ1v) is 12.5. The van der Waals surface area contributed by atoms with E-state index < -0.39 is 64.4 Å². The monoisotopic (exact) mass is 942 g/mol. The van der Waals surface area contributed by atoms with Crippen molar-refractivity contribution in [1.82, 2.24) is 0 Å². The van der Waals surface area contributed by atoms with Crippen molar-refractivity contribution < 1.29 is 128 Å². The molecule has 1 saturated heterocycles. The van der Waals surface area contributed by atoms with E-state index in [9.17, 15) is 25.2 Å². The first-order valence-electron chi connectivity index (χ1n) is 12.3. The van der Waals surface area contributed by atoms with Crippen LogP contribution in [0.4, 0.5) is 0 Å². The van der Waals surface area contributed by atoms with Crippen LogP contribution in [0.25, 0.3) is 0 Å². The van der Waals surface area contributed by atoms with Crippen LogP contribution in [-0.4, -0.2) is 81.0 Å². The SMILES string of the molecule is [3H]CSO[C@H]1C[C@@]2(O)[C@@H](OC(C)=O)C3[C@](C)([C@H](O)[C@H](O)C(=C1C)C2(C)C)[C@@H](C)C[C@H]1OC[C@@]31O.[Ac].[Ac]. The average Bonchev–Trinajstić information content (AvgIpc) is 2.74. The molecule has 194 valence electrons. The van der Waals surface area contributed by atoms with Gasteiger partial charge in [-0.25, -0.2) is 0 Å². The molecular weight excluding hydrogens is 902 g/mol.